The number of methoxy groups -OCH3 is 1. The van der Waals surface area contributed by atoms with Gasteiger partial charge in [0.05, 0.1) is 17.5 Å². The van der Waals surface area contributed by atoms with Gasteiger partial charge in [0.2, 0.25) is 10.0 Å². The Morgan fingerprint density at radius 3 is 2.55 bits per heavy atom. The number of hydrogen-bond acceptors (Lipinski definition) is 11. The van der Waals surface area contributed by atoms with Crippen molar-refractivity contribution in [2.24, 2.45) is 23.2 Å². The van der Waals surface area contributed by atoms with Crippen LogP contribution in [0.2, 0.25) is 0 Å². The van der Waals surface area contributed by atoms with E-state index in [1.807, 2.05) is 39.8 Å². The lowest BCUT2D eigenvalue weighted by molar-refractivity contribution is -0.172. The monoisotopic (exact) mass is 709 g/mol. The quantitative estimate of drug-likeness (QED) is 0.142. The highest BCUT2D eigenvalue weighted by Crippen LogP contribution is 2.58. The summed E-state index contributed by atoms with van der Waals surface area (Å²) in [6.07, 6.45) is 2.42. The van der Waals surface area contributed by atoms with Gasteiger partial charge in [0, 0.05) is 43.0 Å². The van der Waals surface area contributed by atoms with E-state index < -0.39 is 87.5 Å². The van der Waals surface area contributed by atoms with E-state index in [0.29, 0.717) is 6.42 Å². The van der Waals surface area contributed by atoms with E-state index >= 15 is 0 Å². The highest BCUT2D eigenvalue weighted by atomic mass is 32.2. The molecule has 49 heavy (non-hydrogen) atoms. The van der Waals surface area contributed by atoms with Crippen LogP contribution in [0.3, 0.4) is 0 Å². The normalized spacial score (nSPS) is 33.5. The van der Waals surface area contributed by atoms with E-state index in [1.165, 1.54) is 14.2 Å². The number of carbonyl (C=O) groups excluding carboxylic acids is 3. The summed E-state index contributed by atoms with van der Waals surface area (Å²) in [5.41, 5.74) is -0.406. The fraction of sp³-hybridized carbons (Fsp3) is 0.676. The summed E-state index contributed by atoms with van der Waals surface area (Å²) >= 11 is 0. The van der Waals surface area contributed by atoms with Gasteiger partial charge in [-0.3, -0.25) is 0 Å². The van der Waals surface area contributed by atoms with Crippen LogP contribution >= 0.6 is 0 Å². The molecule has 1 saturated heterocycles. The minimum absolute atomic E-state index is 0.177. The third-order valence-electron chi connectivity index (χ3n) is 10.3. The number of sulfonamides is 1. The lowest BCUT2D eigenvalue weighted by atomic mass is 9.64. The van der Waals surface area contributed by atoms with Crippen LogP contribution < -0.4 is 10.0 Å². The highest BCUT2D eigenvalue weighted by Gasteiger charge is 2.62. The van der Waals surface area contributed by atoms with Crippen molar-refractivity contribution < 1.29 is 51.6 Å². The average molecular weight is 710 g/mol. The molecule has 1 amide bonds. The second-order valence-electron chi connectivity index (χ2n) is 13.8. The maximum absolute atomic E-state index is 13.6. The van der Waals surface area contributed by atoms with Crippen molar-refractivity contribution in [3.05, 3.63) is 47.8 Å². The number of fused-ring (bicyclic) bond motifs is 1. The number of rotatable bonds is 12. The van der Waals surface area contributed by atoms with E-state index in [9.17, 15) is 27.9 Å². The molecular formula is C34H51N3O11S. The van der Waals surface area contributed by atoms with Crippen LogP contribution in [0.1, 0.15) is 64.9 Å². The molecule has 3 heterocycles. The first-order valence-electron chi connectivity index (χ1n) is 16.6. The fourth-order valence-corrected chi connectivity index (χ4v) is 7.76. The molecular weight excluding hydrogens is 658 g/mol. The van der Waals surface area contributed by atoms with E-state index in [0.717, 1.165) is 5.57 Å². The molecule has 11 atom stereocenters. The minimum atomic E-state index is -3.53. The van der Waals surface area contributed by atoms with E-state index in [2.05, 4.69) is 21.1 Å². The third-order valence-corrected chi connectivity index (χ3v) is 11.6. The molecule has 274 valence electrons. The van der Waals surface area contributed by atoms with E-state index in [4.69, 9.17) is 23.7 Å². The van der Waals surface area contributed by atoms with Crippen molar-refractivity contribution in [2.45, 2.75) is 96.6 Å². The van der Waals surface area contributed by atoms with Gasteiger partial charge in [0.1, 0.15) is 30.1 Å². The van der Waals surface area contributed by atoms with Gasteiger partial charge >= 0.3 is 18.0 Å². The summed E-state index contributed by atoms with van der Waals surface area (Å²) in [4.78, 5) is 42.3. The smallest absolute Gasteiger partial charge is 0.407 e. The molecule has 4 N–H and O–H groups in total. The summed E-state index contributed by atoms with van der Waals surface area (Å²) in [5, 5.41) is 13.1. The number of esters is 2. The Kier molecular flexibility index (Phi) is 12.1. The number of aliphatic hydroxyl groups excluding tert-OH is 1. The van der Waals surface area contributed by atoms with Gasteiger partial charge in [-0.25, -0.2) is 27.5 Å². The predicted molar refractivity (Wildman–Crippen MR) is 179 cm³/mol. The van der Waals surface area contributed by atoms with Crippen LogP contribution in [-0.2, 0) is 38.5 Å². The van der Waals surface area contributed by atoms with Crippen LogP contribution in [0, 0.1) is 23.2 Å². The molecule has 1 aromatic heterocycles. The number of aromatic nitrogens is 1. The predicted octanol–water partition coefficient (Wildman–Crippen LogP) is 2.85. The van der Waals surface area contributed by atoms with Crippen molar-refractivity contribution in [2.75, 3.05) is 26.5 Å². The number of cyclic esters (lactones) is 1. The van der Waals surface area contributed by atoms with Gasteiger partial charge in [0.15, 0.2) is 6.10 Å². The molecule has 2 bridgehead atoms. The zero-order valence-electron chi connectivity index (χ0n) is 29.4. The van der Waals surface area contributed by atoms with Crippen LogP contribution in [0.25, 0.3) is 0 Å². The SMILES string of the molecule is CNS(=O)(=O)CCNC(=O)O[C@H](C)[C@H]1OC(=O)[C@@H](OC)C[C@H]2C=C[C@]3(C)C[C@]2(O[C@H]3[C@H](OC(=O)c2ccc[nH]2)[C@H](C)[C@H](C)O)/C(C)=C/[C@H]1C. The highest BCUT2D eigenvalue weighted by molar-refractivity contribution is 7.89. The Labute approximate surface area is 288 Å². The molecule has 1 fully saturated rings. The lowest BCUT2D eigenvalue weighted by Gasteiger charge is -2.42. The first-order chi connectivity index (χ1) is 23.0. The summed E-state index contributed by atoms with van der Waals surface area (Å²) < 4.78 is 55.9. The van der Waals surface area contributed by atoms with Gasteiger partial charge in [-0.1, -0.05) is 39.0 Å². The zero-order chi connectivity index (χ0) is 36.3. The van der Waals surface area contributed by atoms with E-state index in [1.54, 1.807) is 32.2 Å². The van der Waals surface area contributed by atoms with Gasteiger partial charge in [-0.05, 0) is 58.4 Å². The number of H-pyrrole nitrogens is 1. The zero-order valence-corrected chi connectivity index (χ0v) is 30.2. The van der Waals surface area contributed by atoms with Gasteiger partial charge in [-0.2, -0.15) is 0 Å². The first-order valence-corrected chi connectivity index (χ1v) is 18.3. The molecule has 2 aliphatic heterocycles. The molecule has 4 rings (SSSR count). The van der Waals surface area contributed by atoms with E-state index in [-0.39, 0.29) is 30.3 Å². The maximum atomic E-state index is 13.6. The minimum Gasteiger partial charge on any atom is -0.456 e. The summed E-state index contributed by atoms with van der Waals surface area (Å²) in [7, 11) is -0.826. The van der Waals surface area contributed by atoms with Crippen molar-refractivity contribution in [1.29, 1.82) is 0 Å². The molecule has 0 unspecified atom stereocenters. The maximum Gasteiger partial charge on any atom is 0.407 e. The summed E-state index contributed by atoms with van der Waals surface area (Å²) in [6.45, 7) is 10.7. The van der Waals surface area contributed by atoms with Gasteiger partial charge in [-0.15, -0.1) is 0 Å². The first kappa shape index (κ1) is 38.6. The topological polar surface area (TPSA) is 192 Å². The molecule has 3 aliphatic rings. The lowest BCUT2D eigenvalue weighted by Crippen LogP contribution is -2.48. The molecule has 0 aromatic carbocycles. The number of alkyl carbamates (subject to hydrolysis) is 1. The third kappa shape index (κ3) is 8.39. The number of aliphatic hydroxyl groups is 1. The number of amides is 1. The number of hydrogen-bond donors (Lipinski definition) is 4. The Hall–Kier alpha value is -3.24. The van der Waals surface area contributed by atoms with Crippen LogP contribution in [0.5, 0.6) is 0 Å². The molecule has 15 heteroatoms. The van der Waals surface area contributed by atoms with Crippen molar-refractivity contribution in [1.82, 2.24) is 15.0 Å². The Morgan fingerprint density at radius 1 is 1.22 bits per heavy atom. The Morgan fingerprint density at radius 2 is 1.94 bits per heavy atom. The van der Waals surface area contributed by atoms with Crippen LogP contribution in [-0.4, -0.2) is 105 Å². The fourth-order valence-electron chi connectivity index (χ4n) is 7.19. The van der Waals surface area contributed by atoms with Gasteiger partial charge < -0.3 is 39.1 Å². The molecule has 14 nitrogen and oxygen atoms in total. The van der Waals surface area contributed by atoms with Crippen LogP contribution in [0.4, 0.5) is 4.79 Å². The Balaban J connectivity index is 1.66. The largest absolute Gasteiger partial charge is 0.456 e. The number of carbonyl (C=O) groups is 3. The number of aromatic amines is 1. The number of ether oxygens (including phenoxy) is 5. The second kappa shape index (κ2) is 15.3. The Bertz CT molecular complexity index is 1510. The van der Waals surface area contributed by atoms with Gasteiger partial charge in [0.25, 0.3) is 0 Å². The average Bonchev–Trinajstić information content (AvgIpc) is 3.67. The molecule has 1 aliphatic carbocycles. The summed E-state index contributed by atoms with van der Waals surface area (Å²) in [5.74, 6) is -2.81. The van der Waals surface area contributed by atoms with Crippen molar-refractivity contribution in [3.8, 4) is 0 Å². The van der Waals surface area contributed by atoms with Crippen LogP contribution in [0.15, 0.2) is 42.1 Å². The summed E-state index contributed by atoms with van der Waals surface area (Å²) in [6, 6.07) is 3.32. The van der Waals surface area contributed by atoms with Crippen molar-refractivity contribution in [3.63, 3.8) is 0 Å². The number of nitrogens with one attached hydrogen (secondary N) is 3. The second-order valence-corrected chi connectivity index (χ2v) is 15.8. The van der Waals surface area contributed by atoms with Crippen molar-refractivity contribution >= 4 is 28.1 Å². The standard InChI is InChI=1S/C34H51N3O11S/c1-19-16-20(2)34-18-33(6,29(48-34)28(21(3)22(4)38)47-30(39)25-10-9-13-36-25)12-11-24(34)17-26(44-8)31(40)46-27(19)23(5)45-32(41)37-14-15-49(42,43)35-7/h9-13,16,19,21-24,26-29,35-36,38H,14-15,17-18H2,1-8H3,(H,37,41)/b20-16+/t19-,21-,22+,23-,24-,26+,27+,28-,29+,33-,34+/m1/s1. The molecule has 0 saturated carbocycles. The molecule has 1 aromatic rings. The molecule has 0 radical (unpaired) electrons. The molecule has 1 spiro atoms.